The minimum atomic E-state index is -4.15. The Morgan fingerprint density at radius 1 is 1.27 bits per heavy atom. The van der Waals surface area contributed by atoms with Crippen LogP contribution < -0.4 is 11.3 Å². The largest absolute Gasteiger partial charge is 0.387 e. The Morgan fingerprint density at radius 3 is 2.90 bits per heavy atom. The van der Waals surface area contributed by atoms with Crippen molar-refractivity contribution in [3.05, 3.63) is 35.0 Å². The molecule has 18 nitrogen and oxygen atoms in total. The van der Waals surface area contributed by atoms with Crippen LogP contribution in [-0.4, -0.2) is 82.6 Å². The van der Waals surface area contributed by atoms with Crippen LogP contribution in [0.4, 0.5) is 5.95 Å². The number of nitrogens with one attached hydrogen (secondary N) is 1. The van der Waals surface area contributed by atoms with E-state index in [0.717, 1.165) is 0 Å². The van der Waals surface area contributed by atoms with Gasteiger partial charge >= 0.3 is 13.5 Å². The predicted octanol–water partition coefficient (Wildman–Crippen LogP) is 0.657. The average molecular weight is 648 g/mol. The summed E-state index contributed by atoms with van der Waals surface area (Å²) in [6.45, 7) is -8.43. The molecule has 6 heterocycles. The lowest BCUT2D eigenvalue weighted by Crippen LogP contribution is -2.37. The minimum absolute atomic E-state index is 0.0241. The number of imidazole rings is 2. The van der Waals surface area contributed by atoms with Gasteiger partial charge in [0.15, 0.2) is 23.0 Å². The molecule has 2 aliphatic heterocycles. The highest BCUT2D eigenvalue weighted by molar-refractivity contribution is 8.44. The summed E-state index contributed by atoms with van der Waals surface area (Å²) in [6.07, 6.45) is -0.0678. The molecule has 2 bridgehead atoms. The summed E-state index contributed by atoms with van der Waals surface area (Å²) in [7, 11) is 1.38. The van der Waals surface area contributed by atoms with Crippen molar-refractivity contribution in [2.24, 2.45) is 0 Å². The molecular weight excluding hydrogens is 624 g/mol. The molecule has 0 spiro atoms. The predicted molar refractivity (Wildman–Crippen MR) is 147 cm³/mol. The van der Waals surface area contributed by atoms with Crippen molar-refractivity contribution >= 4 is 65.8 Å². The van der Waals surface area contributed by atoms with E-state index in [1.54, 1.807) is 4.57 Å². The third-order valence-corrected chi connectivity index (χ3v) is 9.57. The molecule has 0 aromatic carbocycles. The van der Waals surface area contributed by atoms with Gasteiger partial charge in [0.1, 0.15) is 42.6 Å². The second kappa shape index (κ2) is 11.1. The lowest BCUT2D eigenvalue weighted by molar-refractivity contribution is -0.0509. The number of rotatable bonds is 2. The number of hydrogen-bond donors (Lipinski definition) is 4. The molecule has 4 N–H and O–H groups in total. The number of nitrogens with zero attached hydrogens (tertiary/aromatic N) is 7. The second-order valence-electron chi connectivity index (χ2n) is 8.86. The maximum atomic E-state index is 13.6. The summed E-state index contributed by atoms with van der Waals surface area (Å²) >= 11 is 9.40. The van der Waals surface area contributed by atoms with Gasteiger partial charge in [-0.15, -0.1) is 0 Å². The first-order valence-corrected chi connectivity index (χ1v) is 17.2. The Labute approximate surface area is 240 Å². The summed E-state index contributed by atoms with van der Waals surface area (Å²) in [6, 6.07) is 0. The molecule has 1 saturated heterocycles. The van der Waals surface area contributed by atoms with E-state index in [9.17, 15) is 14.3 Å². The summed E-state index contributed by atoms with van der Waals surface area (Å²) < 4.78 is 51.1. The van der Waals surface area contributed by atoms with Crippen molar-refractivity contribution in [3.63, 3.8) is 0 Å². The van der Waals surface area contributed by atoms with Crippen LogP contribution in [0.2, 0.25) is 0 Å². The highest BCUT2D eigenvalue weighted by atomic mass is 32.7. The first kappa shape index (κ1) is 28.8. The number of aromatic amines is 1. The monoisotopic (exact) mass is 647 g/mol. The van der Waals surface area contributed by atoms with E-state index < -0.39 is 43.6 Å². The summed E-state index contributed by atoms with van der Waals surface area (Å²) in [5.41, 5.74) is 6.12. The molecule has 2 aliphatic rings. The van der Waals surface area contributed by atoms with Crippen LogP contribution in [0.25, 0.3) is 22.3 Å². The number of hydrogen-bond acceptors (Lipinski definition) is 15. The van der Waals surface area contributed by atoms with E-state index in [1.807, 2.05) is 0 Å². The quantitative estimate of drug-likeness (QED) is 0.173. The van der Waals surface area contributed by atoms with Gasteiger partial charge in [-0.25, -0.2) is 24.5 Å². The van der Waals surface area contributed by atoms with Gasteiger partial charge in [-0.05, 0) is 11.8 Å². The Bertz CT molecular complexity index is 1770. The van der Waals surface area contributed by atoms with Crippen LogP contribution >= 0.6 is 25.8 Å². The molecule has 220 valence electrons. The van der Waals surface area contributed by atoms with Crippen LogP contribution in [-0.2, 0) is 57.1 Å². The normalized spacial score (nSPS) is 31.6. The van der Waals surface area contributed by atoms with Gasteiger partial charge in [-0.2, -0.15) is 4.98 Å². The highest BCUT2D eigenvalue weighted by Crippen LogP contribution is 2.57. The number of thiol groups is 1. The Kier molecular flexibility index (Phi) is 7.75. The van der Waals surface area contributed by atoms with Crippen molar-refractivity contribution in [2.75, 3.05) is 26.1 Å². The minimum Gasteiger partial charge on any atom is -0.376 e. The summed E-state index contributed by atoms with van der Waals surface area (Å²) in [4.78, 5) is 46.4. The third-order valence-electron chi connectivity index (χ3n) is 6.35. The van der Waals surface area contributed by atoms with Gasteiger partial charge in [-0.1, -0.05) is 12.2 Å². The molecule has 0 amide bonds. The average Bonchev–Trinajstić information content (AvgIpc) is 3.59. The van der Waals surface area contributed by atoms with Crippen LogP contribution in [0.1, 0.15) is 12.1 Å². The van der Waals surface area contributed by atoms with Gasteiger partial charge in [-0.3, -0.25) is 23.4 Å². The highest BCUT2D eigenvalue weighted by Gasteiger charge is 2.50. The van der Waals surface area contributed by atoms with Crippen LogP contribution in [0, 0.1) is 0 Å². The molecule has 6 rings (SSSR count). The molecular formula is C19H23N9O9P2S2. The summed E-state index contributed by atoms with van der Waals surface area (Å²) in [5, 5.41) is 0. The van der Waals surface area contributed by atoms with Gasteiger partial charge < -0.3 is 33.7 Å². The first-order valence-electron chi connectivity index (χ1n) is 11.9. The fourth-order valence-corrected chi connectivity index (χ4v) is 7.14. The Hall–Kier alpha value is -2.35. The number of H-pyrrole nitrogens is 1. The molecule has 6 atom stereocenters. The van der Waals surface area contributed by atoms with Crippen LogP contribution in [0.15, 0.2) is 23.6 Å². The van der Waals surface area contributed by atoms with E-state index in [-0.39, 0.29) is 43.5 Å². The molecule has 41 heavy (non-hydrogen) atoms. The second-order valence-corrected chi connectivity index (χ2v) is 14.6. The zero-order valence-corrected chi connectivity index (χ0v) is 24.5. The smallest absolute Gasteiger partial charge is 0.376 e. The van der Waals surface area contributed by atoms with Gasteiger partial charge in [0.2, 0.25) is 5.95 Å². The van der Waals surface area contributed by atoms with Crippen molar-refractivity contribution in [2.45, 2.75) is 37.7 Å². The maximum Gasteiger partial charge on any atom is 0.387 e. The molecule has 4 aromatic rings. The van der Waals surface area contributed by atoms with Crippen LogP contribution in [0.5, 0.6) is 0 Å². The molecule has 0 saturated carbocycles. The van der Waals surface area contributed by atoms with E-state index in [2.05, 4.69) is 42.2 Å². The topological polar surface area (TPSA) is 226 Å². The van der Waals surface area contributed by atoms with Crippen molar-refractivity contribution in [1.29, 1.82) is 0 Å². The molecule has 1 fully saturated rings. The van der Waals surface area contributed by atoms with Crippen molar-refractivity contribution in [1.82, 2.24) is 39.0 Å². The first-order chi connectivity index (χ1) is 19.5. The number of methoxy groups -OCH3 is 1. The standard InChI is InChI=1S/C19H23N9O9P2S2/c1-32-13-10-5-34-38(30,40)33-3-2-27-11(24-9-4-21-7-22-15(9)27)6-35-39(31,41)37-14(13)18(36-10)28-8-23-12-16(28)25-19(20)26-17(12)29/h4,7-8,10,13-14,18H,2-3,5-6H2,1H3,(H,30,40)(H,31,41)(H3,20,25,26,29)/t10-,13-,14-,18+,38?,39?/m1/s1. The van der Waals surface area contributed by atoms with Crippen molar-refractivity contribution in [3.8, 4) is 0 Å². The van der Waals surface area contributed by atoms with Gasteiger partial charge in [0.05, 0.1) is 25.7 Å². The number of fused-ring (bicyclic) bond motifs is 6. The number of ether oxygens (including phenoxy) is 2. The third kappa shape index (κ3) is 5.70. The van der Waals surface area contributed by atoms with Gasteiger partial charge in [0.25, 0.3) is 5.56 Å². The maximum absolute atomic E-state index is 13.6. The van der Waals surface area contributed by atoms with E-state index in [1.165, 1.54) is 30.5 Å². The lowest BCUT2D eigenvalue weighted by atomic mass is 10.1. The van der Waals surface area contributed by atoms with E-state index in [0.29, 0.717) is 17.0 Å². The van der Waals surface area contributed by atoms with Crippen LogP contribution in [0.3, 0.4) is 0 Å². The fourth-order valence-electron chi connectivity index (χ4n) is 4.64. The Balaban J connectivity index is 1.40. The molecule has 22 heteroatoms. The zero-order chi connectivity index (χ0) is 28.9. The summed E-state index contributed by atoms with van der Waals surface area (Å²) in [5.74, 6) is 0.148. The number of nitrogen functional groups attached to an aromatic ring is 1. The number of anilines is 1. The zero-order valence-electron chi connectivity index (χ0n) is 21.0. The molecule has 2 unspecified atom stereocenters. The fraction of sp³-hybridized carbons (Fsp3) is 0.474. The molecule has 4 aromatic heterocycles. The SMILES string of the molecule is CO[C@H]1[C@H]2OP(=O)(S)OCc3nc4cncnc4n3CCOP(O)(=S)OC[C@H]1O[C@@H]2n1cnc2c(=O)[nH]c(N)nc21. The Morgan fingerprint density at radius 2 is 2.10 bits per heavy atom. The van der Waals surface area contributed by atoms with Crippen molar-refractivity contribution < 1.29 is 37.0 Å². The van der Waals surface area contributed by atoms with E-state index in [4.69, 9.17) is 45.1 Å². The molecule has 0 radical (unpaired) electrons. The van der Waals surface area contributed by atoms with Gasteiger partial charge in [0, 0.05) is 13.7 Å². The molecule has 0 aliphatic carbocycles. The van der Waals surface area contributed by atoms with E-state index >= 15 is 0 Å². The number of aromatic nitrogens is 8. The number of nitrogens with two attached hydrogens (primary N) is 1. The lowest BCUT2D eigenvalue weighted by Gasteiger charge is -2.26.